The second kappa shape index (κ2) is 8.44. The largest absolute Gasteiger partial charge is 0.497 e. The number of benzene rings is 1. The third-order valence-corrected chi connectivity index (χ3v) is 3.82. The van der Waals surface area contributed by atoms with Crippen LogP contribution in [0.5, 0.6) is 5.75 Å². The summed E-state index contributed by atoms with van der Waals surface area (Å²) in [5.74, 6) is 2.11. The summed E-state index contributed by atoms with van der Waals surface area (Å²) in [5.41, 5.74) is 1.36. The number of methoxy groups -OCH3 is 1. The predicted molar refractivity (Wildman–Crippen MR) is 81.8 cm³/mol. The van der Waals surface area contributed by atoms with E-state index in [1.165, 1.54) is 17.7 Å². The van der Waals surface area contributed by atoms with Crippen molar-refractivity contribution in [2.75, 3.05) is 19.1 Å². The topological polar surface area (TPSA) is 21.3 Å². The zero-order valence-corrected chi connectivity index (χ0v) is 12.7. The van der Waals surface area contributed by atoms with Gasteiger partial charge in [-0.25, -0.2) is 0 Å². The van der Waals surface area contributed by atoms with Crippen molar-refractivity contribution in [3.05, 3.63) is 29.8 Å². The molecule has 1 N–H and O–H groups in total. The van der Waals surface area contributed by atoms with E-state index in [9.17, 15) is 0 Å². The van der Waals surface area contributed by atoms with Gasteiger partial charge in [0.25, 0.3) is 0 Å². The molecule has 2 nitrogen and oxygen atoms in total. The highest BCUT2D eigenvalue weighted by molar-refractivity contribution is 7.98. The Morgan fingerprint density at radius 3 is 2.44 bits per heavy atom. The van der Waals surface area contributed by atoms with Crippen LogP contribution in [-0.4, -0.2) is 31.2 Å². The van der Waals surface area contributed by atoms with Crippen LogP contribution in [0.3, 0.4) is 0 Å². The molecule has 0 heterocycles. The molecule has 0 saturated carbocycles. The molecule has 0 bridgehead atoms. The predicted octanol–water partition coefficient (Wildman–Crippen LogP) is 3.36. The van der Waals surface area contributed by atoms with Crippen molar-refractivity contribution in [2.45, 2.75) is 38.8 Å². The Morgan fingerprint density at radius 1 is 1.28 bits per heavy atom. The Morgan fingerprint density at radius 2 is 1.94 bits per heavy atom. The van der Waals surface area contributed by atoms with E-state index in [1.807, 2.05) is 23.9 Å². The molecule has 3 heteroatoms. The average Bonchev–Trinajstić information content (AvgIpc) is 2.39. The second-order valence-electron chi connectivity index (χ2n) is 4.68. The molecule has 0 aromatic heterocycles. The molecule has 1 rings (SSSR count). The molecule has 2 unspecified atom stereocenters. The first-order chi connectivity index (χ1) is 8.69. The number of hydrogen-bond donors (Lipinski definition) is 1. The van der Waals surface area contributed by atoms with E-state index in [0.29, 0.717) is 12.1 Å². The highest BCUT2D eigenvalue weighted by Gasteiger charge is 2.10. The van der Waals surface area contributed by atoms with Crippen LogP contribution >= 0.6 is 11.8 Å². The van der Waals surface area contributed by atoms with Crippen molar-refractivity contribution in [1.29, 1.82) is 0 Å². The van der Waals surface area contributed by atoms with Crippen molar-refractivity contribution in [3.8, 4) is 5.75 Å². The van der Waals surface area contributed by atoms with Crippen LogP contribution in [0.15, 0.2) is 24.3 Å². The van der Waals surface area contributed by atoms with Crippen LogP contribution in [-0.2, 0) is 6.42 Å². The summed E-state index contributed by atoms with van der Waals surface area (Å²) in [5, 5.41) is 3.69. The number of hydrogen-bond acceptors (Lipinski definition) is 3. The van der Waals surface area contributed by atoms with E-state index < -0.39 is 0 Å². The summed E-state index contributed by atoms with van der Waals surface area (Å²) in [6.45, 7) is 4.50. The average molecular weight is 267 g/mol. The van der Waals surface area contributed by atoms with Gasteiger partial charge < -0.3 is 10.1 Å². The monoisotopic (exact) mass is 267 g/mol. The van der Waals surface area contributed by atoms with Crippen LogP contribution in [0.2, 0.25) is 0 Å². The highest BCUT2D eigenvalue weighted by atomic mass is 32.2. The van der Waals surface area contributed by atoms with E-state index in [1.54, 1.807) is 7.11 Å². The number of ether oxygens (including phenoxy) is 1. The lowest BCUT2D eigenvalue weighted by Crippen LogP contribution is -2.38. The summed E-state index contributed by atoms with van der Waals surface area (Å²) in [7, 11) is 1.70. The van der Waals surface area contributed by atoms with Crippen molar-refractivity contribution < 1.29 is 4.74 Å². The van der Waals surface area contributed by atoms with E-state index in [4.69, 9.17) is 4.74 Å². The van der Waals surface area contributed by atoms with Gasteiger partial charge in [-0.05, 0) is 43.7 Å². The maximum absolute atomic E-state index is 5.17. The molecule has 0 spiro atoms. The molecule has 0 aliphatic heterocycles. The summed E-state index contributed by atoms with van der Waals surface area (Å²) < 4.78 is 5.17. The molecule has 0 aliphatic rings. The minimum Gasteiger partial charge on any atom is -0.497 e. The van der Waals surface area contributed by atoms with Gasteiger partial charge in [0.15, 0.2) is 0 Å². The van der Waals surface area contributed by atoms with E-state index >= 15 is 0 Å². The van der Waals surface area contributed by atoms with Crippen molar-refractivity contribution in [3.63, 3.8) is 0 Å². The molecule has 102 valence electrons. The Labute approximate surface area is 116 Å². The maximum Gasteiger partial charge on any atom is 0.118 e. The molecule has 1 aromatic carbocycles. The van der Waals surface area contributed by atoms with Crippen molar-refractivity contribution in [2.24, 2.45) is 0 Å². The van der Waals surface area contributed by atoms with Crippen molar-refractivity contribution in [1.82, 2.24) is 5.32 Å². The molecule has 0 saturated heterocycles. The smallest absolute Gasteiger partial charge is 0.118 e. The molecule has 0 fully saturated rings. The maximum atomic E-state index is 5.17. The molecule has 1 aromatic rings. The number of thioether (sulfide) groups is 1. The minimum absolute atomic E-state index is 0.510. The Bertz CT molecular complexity index is 326. The third kappa shape index (κ3) is 5.32. The molecule has 2 atom stereocenters. The minimum atomic E-state index is 0.510. The summed E-state index contributed by atoms with van der Waals surface area (Å²) in [4.78, 5) is 0. The third-order valence-electron chi connectivity index (χ3n) is 3.08. The van der Waals surface area contributed by atoms with Crippen LogP contribution in [0.1, 0.15) is 25.8 Å². The fourth-order valence-corrected chi connectivity index (χ4v) is 2.80. The number of nitrogens with one attached hydrogen (secondary N) is 1. The number of rotatable bonds is 8. The fourth-order valence-electron chi connectivity index (χ4n) is 2.06. The summed E-state index contributed by atoms with van der Waals surface area (Å²) in [6, 6.07) is 9.48. The van der Waals surface area contributed by atoms with Gasteiger partial charge in [0.05, 0.1) is 7.11 Å². The van der Waals surface area contributed by atoms with Crippen LogP contribution in [0.25, 0.3) is 0 Å². The van der Waals surface area contributed by atoms with Gasteiger partial charge in [0, 0.05) is 17.8 Å². The Balaban J connectivity index is 2.44. The zero-order valence-electron chi connectivity index (χ0n) is 11.9. The Hall–Kier alpha value is -0.670. The van der Waals surface area contributed by atoms with Crippen LogP contribution < -0.4 is 10.1 Å². The fraction of sp³-hybridized carbons (Fsp3) is 0.600. The van der Waals surface area contributed by atoms with E-state index in [0.717, 1.165) is 12.2 Å². The Kier molecular flexibility index (Phi) is 7.21. The quantitative estimate of drug-likeness (QED) is 0.780. The summed E-state index contributed by atoms with van der Waals surface area (Å²) >= 11 is 1.91. The van der Waals surface area contributed by atoms with Crippen LogP contribution in [0, 0.1) is 0 Å². The molecule has 0 aliphatic carbocycles. The van der Waals surface area contributed by atoms with Gasteiger partial charge in [-0.3, -0.25) is 0 Å². The van der Waals surface area contributed by atoms with Gasteiger partial charge in [-0.2, -0.15) is 11.8 Å². The lowest BCUT2D eigenvalue weighted by molar-refractivity contribution is 0.414. The normalized spacial score (nSPS) is 14.2. The lowest BCUT2D eigenvalue weighted by atomic mass is 10.1. The molecule has 18 heavy (non-hydrogen) atoms. The van der Waals surface area contributed by atoms with Gasteiger partial charge in [-0.1, -0.05) is 19.1 Å². The van der Waals surface area contributed by atoms with Crippen LogP contribution in [0.4, 0.5) is 0 Å². The van der Waals surface area contributed by atoms with Gasteiger partial charge in [0.2, 0.25) is 0 Å². The first kappa shape index (κ1) is 15.4. The SMILES string of the molecule is CCC(CSC)NC(C)Cc1ccc(OC)cc1. The molecule has 0 amide bonds. The van der Waals surface area contributed by atoms with Crippen molar-refractivity contribution >= 4 is 11.8 Å². The highest BCUT2D eigenvalue weighted by Crippen LogP contribution is 2.13. The van der Waals surface area contributed by atoms with Gasteiger partial charge in [0.1, 0.15) is 5.75 Å². The van der Waals surface area contributed by atoms with E-state index in [-0.39, 0.29) is 0 Å². The van der Waals surface area contributed by atoms with Gasteiger partial charge in [-0.15, -0.1) is 0 Å². The lowest BCUT2D eigenvalue weighted by Gasteiger charge is -2.21. The van der Waals surface area contributed by atoms with E-state index in [2.05, 4.69) is 37.6 Å². The second-order valence-corrected chi connectivity index (χ2v) is 5.59. The van der Waals surface area contributed by atoms with Gasteiger partial charge >= 0.3 is 0 Å². The first-order valence-electron chi connectivity index (χ1n) is 6.57. The summed E-state index contributed by atoms with van der Waals surface area (Å²) in [6.07, 6.45) is 4.42. The molecule has 0 radical (unpaired) electrons. The standard InChI is InChI=1S/C15H25NOS/c1-5-14(11-18-4)16-12(2)10-13-6-8-15(17-3)9-7-13/h6-9,12,14,16H,5,10-11H2,1-4H3. The molecular formula is C15H25NOS. The first-order valence-corrected chi connectivity index (χ1v) is 7.96. The molecular weight excluding hydrogens is 242 g/mol. The zero-order chi connectivity index (χ0) is 13.4.